The number of aryl methyl sites for hydroxylation is 3. The van der Waals surface area contributed by atoms with Crippen molar-refractivity contribution in [3.05, 3.63) is 70.3 Å². The molecule has 0 fully saturated rings. The van der Waals surface area contributed by atoms with E-state index in [1.165, 1.54) is 11.1 Å². The maximum atomic E-state index is 12.3. The van der Waals surface area contributed by atoms with E-state index in [0.717, 1.165) is 30.4 Å². The predicted molar refractivity (Wildman–Crippen MR) is 98.5 cm³/mol. The number of carbonyl (C=O) groups is 2. The van der Waals surface area contributed by atoms with E-state index in [9.17, 15) is 9.59 Å². The average molecular weight is 336 g/mol. The molecular formula is C21H24N2O2. The number of hydrogen-bond donors (Lipinski definition) is 2. The molecule has 0 heterocycles. The number of nitrogens with one attached hydrogen (secondary N) is 2. The molecule has 0 saturated heterocycles. The van der Waals surface area contributed by atoms with E-state index >= 15 is 0 Å². The summed E-state index contributed by atoms with van der Waals surface area (Å²) in [4.78, 5) is 24.5. The lowest BCUT2D eigenvalue weighted by atomic mass is 9.88. The van der Waals surface area contributed by atoms with Gasteiger partial charge in [-0.2, -0.15) is 0 Å². The maximum Gasteiger partial charge on any atom is 0.251 e. The molecule has 4 nitrogen and oxygen atoms in total. The van der Waals surface area contributed by atoms with E-state index in [1.54, 1.807) is 6.07 Å². The van der Waals surface area contributed by atoms with Gasteiger partial charge in [0.1, 0.15) is 0 Å². The Bertz CT molecular complexity index is 798. The summed E-state index contributed by atoms with van der Waals surface area (Å²) in [6.45, 7) is 3.97. The molecule has 130 valence electrons. The summed E-state index contributed by atoms with van der Waals surface area (Å²) >= 11 is 0. The molecule has 25 heavy (non-hydrogen) atoms. The largest absolute Gasteiger partial charge is 0.348 e. The first kappa shape index (κ1) is 17.2. The lowest BCUT2D eigenvalue weighted by Crippen LogP contribution is -2.39. The van der Waals surface area contributed by atoms with Crippen LogP contribution >= 0.6 is 0 Å². The first-order valence-corrected chi connectivity index (χ1v) is 8.77. The van der Waals surface area contributed by atoms with Gasteiger partial charge in [-0.25, -0.2) is 0 Å². The molecule has 0 aliphatic heterocycles. The average Bonchev–Trinajstić information content (AvgIpc) is 2.62. The molecule has 0 spiro atoms. The molecule has 1 unspecified atom stereocenters. The van der Waals surface area contributed by atoms with Gasteiger partial charge in [-0.05, 0) is 67.5 Å². The molecule has 2 aromatic rings. The van der Waals surface area contributed by atoms with Gasteiger partial charge in [-0.1, -0.05) is 30.3 Å². The fraction of sp³-hybridized carbons (Fsp3) is 0.333. The van der Waals surface area contributed by atoms with Gasteiger partial charge in [0.25, 0.3) is 5.91 Å². The standard InChI is InChI=1S/C21H24N2O2/c1-14-10-11-17(12-15(14)2)21(25)22-13-20(24)23-19-9-5-7-16-6-3-4-8-18(16)19/h3-4,6,8,10-12,19H,5,7,9,13H2,1-2H3,(H,22,25)(H,23,24). The van der Waals surface area contributed by atoms with Crippen LogP contribution in [0.25, 0.3) is 0 Å². The van der Waals surface area contributed by atoms with E-state index in [1.807, 2.05) is 38.1 Å². The van der Waals surface area contributed by atoms with E-state index < -0.39 is 0 Å². The van der Waals surface area contributed by atoms with Crippen LogP contribution in [0.1, 0.15) is 51.5 Å². The number of benzene rings is 2. The van der Waals surface area contributed by atoms with Crippen LogP contribution in [0, 0.1) is 13.8 Å². The molecule has 2 amide bonds. The molecule has 0 bridgehead atoms. The third-order valence-electron chi connectivity index (χ3n) is 4.88. The maximum absolute atomic E-state index is 12.3. The highest BCUT2D eigenvalue weighted by atomic mass is 16.2. The molecule has 2 aromatic carbocycles. The lowest BCUT2D eigenvalue weighted by Gasteiger charge is -2.26. The van der Waals surface area contributed by atoms with Crippen molar-refractivity contribution in [3.8, 4) is 0 Å². The molecule has 1 aliphatic carbocycles. The minimum Gasteiger partial charge on any atom is -0.348 e. The summed E-state index contributed by atoms with van der Waals surface area (Å²) in [5, 5.41) is 5.76. The highest BCUT2D eigenvalue weighted by Crippen LogP contribution is 2.29. The number of carbonyl (C=O) groups excluding carboxylic acids is 2. The van der Waals surface area contributed by atoms with Crippen LogP contribution in [0.3, 0.4) is 0 Å². The molecule has 1 atom stereocenters. The van der Waals surface area contributed by atoms with Gasteiger partial charge in [-0.3, -0.25) is 9.59 Å². The smallest absolute Gasteiger partial charge is 0.251 e. The summed E-state index contributed by atoms with van der Waals surface area (Å²) in [7, 11) is 0. The van der Waals surface area contributed by atoms with Crippen molar-refractivity contribution in [1.82, 2.24) is 10.6 Å². The Morgan fingerprint density at radius 3 is 2.68 bits per heavy atom. The summed E-state index contributed by atoms with van der Waals surface area (Å²) in [6, 6.07) is 13.8. The Balaban J connectivity index is 1.57. The van der Waals surface area contributed by atoms with Crippen molar-refractivity contribution in [1.29, 1.82) is 0 Å². The lowest BCUT2D eigenvalue weighted by molar-refractivity contribution is -0.121. The van der Waals surface area contributed by atoms with Gasteiger partial charge in [0.15, 0.2) is 0 Å². The summed E-state index contributed by atoms with van der Waals surface area (Å²) in [6.07, 6.45) is 3.07. The monoisotopic (exact) mass is 336 g/mol. The quantitative estimate of drug-likeness (QED) is 0.900. The van der Waals surface area contributed by atoms with Crippen LogP contribution in [0.2, 0.25) is 0 Å². The van der Waals surface area contributed by atoms with Gasteiger partial charge in [0.2, 0.25) is 5.91 Å². The number of amides is 2. The van der Waals surface area contributed by atoms with Crippen LogP contribution in [-0.2, 0) is 11.2 Å². The first-order valence-electron chi connectivity index (χ1n) is 8.77. The molecule has 2 N–H and O–H groups in total. The molecule has 0 aromatic heterocycles. The van der Waals surface area contributed by atoms with E-state index in [2.05, 4.69) is 22.8 Å². The third-order valence-corrected chi connectivity index (χ3v) is 4.88. The molecule has 4 heteroatoms. The fourth-order valence-electron chi connectivity index (χ4n) is 3.29. The normalized spacial score (nSPS) is 16.0. The Hall–Kier alpha value is -2.62. The van der Waals surface area contributed by atoms with Crippen molar-refractivity contribution < 1.29 is 9.59 Å². The van der Waals surface area contributed by atoms with Gasteiger partial charge in [-0.15, -0.1) is 0 Å². The molecule has 0 saturated carbocycles. The second kappa shape index (κ2) is 7.51. The molecule has 1 aliphatic rings. The number of hydrogen-bond acceptors (Lipinski definition) is 2. The van der Waals surface area contributed by atoms with Crippen molar-refractivity contribution in [2.24, 2.45) is 0 Å². The highest BCUT2D eigenvalue weighted by molar-refractivity contribution is 5.96. The molecule has 0 radical (unpaired) electrons. The van der Waals surface area contributed by atoms with Gasteiger partial charge >= 0.3 is 0 Å². The Morgan fingerprint density at radius 2 is 1.88 bits per heavy atom. The van der Waals surface area contributed by atoms with Gasteiger partial charge < -0.3 is 10.6 Å². The van der Waals surface area contributed by atoms with Crippen LogP contribution in [0.15, 0.2) is 42.5 Å². The zero-order valence-corrected chi connectivity index (χ0v) is 14.8. The fourth-order valence-corrected chi connectivity index (χ4v) is 3.29. The van der Waals surface area contributed by atoms with Crippen LogP contribution in [0.5, 0.6) is 0 Å². The van der Waals surface area contributed by atoms with Gasteiger partial charge in [0, 0.05) is 5.56 Å². The van der Waals surface area contributed by atoms with E-state index in [0.29, 0.717) is 5.56 Å². The first-order chi connectivity index (χ1) is 12.0. The van der Waals surface area contributed by atoms with Gasteiger partial charge in [0.05, 0.1) is 12.6 Å². The second-order valence-electron chi connectivity index (χ2n) is 6.69. The zero-order valence-electron chi connectivity index (χ0n) is 14.8. The van der Waals surface area contributed by atoms with E-state index in [4.69, 9.17) is 0 Å². The number of fused-ring (bicyclic) bond motifs is 1. The predicted octanol–water partition coefficient (Wildman–Crippen LogP) is 3.23. The van der Waals surface area contributed by atoms with Crippen LogP contribution in [0.4, 0.5) is 0 Å². The van der Waals surface area contributed by atoms with Crippen molar-refractivity contribution in [2.45, 2.75) is 39.2 Å². The Labute approximate surface area is 148 Å². The van der Waals surface area contributed by atoms with Crippen molar-refractivity contribution in [3.63, 3.8) is 0 Å². The highest BCUT2D eigenvalue weighted by Gasteiger charge is 2.21. The Morgan fingerprint density at radius 1 is 1.08 bits per heavy atom. The second-order valence-corrected chi connectivity index (χ2v) is 6.69. The zero-order chi connectivity index (χ0) is 17.8. The van der Waals surface area contributed by atoms with Crippen LogP contribution < -0.4 is 10.6 Å². The van der Waals surface area contributed by atoms with Crippen molar-refractivity contribution >= 4 is 11.8 Å². The van der Waals surface area contributed by atoms with Crippen LogP contribution in [-0.4, -0.2) is 18.4 Å². The topological polar surface area (TPSA) is 58.2 Å². The summed E-state index contributed by atoms with van der Waals surface area (Å²) < 4.78 is 0. The summed E-state index contributed by atoms with van der Waals surface area (Å²) in [5.41, 5.74) is 5.29. The minimum absolute atomic E-state index is 0.00950. The summed E-state index contributed by atoms with van der Waals surface area (Å²) in [5.74, 6) is -0.374. The SMILES string of the molecule is Cc1ccc(C(=O)NCC(=O)NC2CCCc3ccccc32)cc1C. The molecule has 3 rings (SSSR count). The Kier molecular flexibility index (Phi) is 5.17. The third kappa shape index (κ3) is 4.08. The molecular weight excluding hydrogens is 312 g/mol. The minimum atomic E-state index is -0.220. The number of rotatable bonds is 4. The van der Waals surface area contributed by atoms with Crippen molar-refractivity contribution in [2.75, 3.05) is 6.54 Å². The van der Waals surface area contributed by atoms with E-state index in [-0.39, 0.29) is 24.4 Å².